The molecule has 0 aromatic heterocycles. The fourth-order valence-electron chi connectivity index (χ4n) is 3.05. The number of halogens is 1. The summed E-state index contributed by atoms with van der Waals surface area (Å²) < 4.78 is 38.3. The van der Waals surface area contributed by atoms with Crippen LogP contribution in [0.5, 0.6) is 0 Å². The minimum absolute atomic E-state index is 0.0660. The molecule has 26 heavy (non-hydrogen) atoms. The summed E-state index contributed by atoms with van der Waals surface area (Å²) in [5.74, 6) is -1.07. The topological polar surface area (TPSA) is 104 Å². The summed E-state index contributed by atoms with van der Waals surface area (Å²) in [6.07, 6.45) is -0.766. The van der Waals surface area contributed by atoms with Crippen LogP contribution in [0.4, 0.5) is 9.18 Å². The Labute approximate surface area is 152 Å². The third-order valence-electron chi connectivity index (χ3n) is 4.55. The van der Waals surface area contributed by atoms with E-state index in [0.717, 1.165) is 12.1 Å². The van der Waals surface area contributed by atoms with Crippen LogP contribution in [0.1, 0.15) is 26.7 Å². The normalized spacial score (nSPS) is 17.2. The number of likely N-dealkylation sites (tertiary alicyclic amines) is 1. The second-order valence-electron chi connectivity index (χ2n) is 6.69. The van der Waals surface area contributed by atoms with E-state index in [0.29, 0.717) is 0 Å². The number of hydrogen-bond acceptors (Lipinski definition) is 4. The first kappa shape index (κ1) is 20.2. The predicted molar refractivity (Wildman–Crippen MR) is 93.0 cm³/mol. The van der Waals surface area contributed by atoms with Gasteiger partial charge in [0.2, 0.25) is 5.91 Å². The second-order valence-corrected chi connectivity index (χ2v) is 8.92. The number of carbonyl (C=O) groups is 2. The van der Waals surface area contributed by atoms with Crippen molar-refractivity contribution in [3.63, 3.8) is 0 Å². The maximum Gasteiger partial charge on any atom is 0.405 e. The zero-order valence-corrected chi connectivity index (χ0v) is 15.5. The maximum absolute atomic E-state index is 13.0. The number of piperidine rings is 1. The van der Waals surface area contributed by atoms with E-state index in [4.69, 9.17) is 5.11 Å². The van der Waals surface area contributed by atoms with E-state index in [1.807, 2.05) is 0 Å². The number of nitrogens with one attached hydrogen (secondary N) is 1. The van der Waals surface area contributed by atoms with Crippen molar-refractivity contribution in [2.24, 2.45) is 5.92 Å². The highest BCUT2D eigenvalue weighted by molar-refractivity contribution is 7.92. The van der Waals surface area contributed by atoms with Gasteiger partial charge in [0.15, 0.2) is 9.84 Å². The Kier molecular flexibility index (Phi) is 6.22. The molecule has 0 bridgehead atoms. The van der Waals surface area contributed by atoms with Gasteiger partial charge in [0, 0.05) is 13.1 Å². The van der Waals surface area contributed by atoms with E-state index in [2.05, 4.69) is 5.32 Å². The van der Waals surface area contributed by atoms with Crippen LogP contribution in [0, 0.1) is 11.7 Å². The van der Waals surface area contributed by atoms with E-state index in [1.54, 1.807) is 13.8 Å². The SMILES string of the molecule is CC(C)[C@H](NC(=O)O)C(=O)N1CCC(S(=O)(=O)c2ccc(F)cc2)CC1. The summed E-state index contributed by atoms with van der Waals surface area (Å²) in [4.78, 5) is 25.0. The van der Waals surface area contributed by atoms with Crippen molar-refractivity contribution < 1.29 is 27.5 Å². The van der Waals surface area contributed by atoms with Crippen molar-refractivity contribution in [2.45, 2.75) is 42.9 Å². The Bertz CT molecular complexity index is 756. The largest absolute Gasteiger partial charge is 0.465 e. The van der Waals surface area contributed by atoms with Gasteiger partial charge < -0.3 is 15.3 Å². The summed E-state index contributed by atoms with van der Waals surface area (Å²) in [6.45, 7) is 3.94. The van der Waals surface area contributed by atoms with Gasteiger partial charge in [-0.25, -0.2) is 17.6 Å². The van der Waals surface area contributed by atoms with Crippen LogP contribution in [-0.2, 0) is 14.6 Å². The lowest BCUT2D eigenvalue weighted by atomic mass is 10.0. The van der Waals surface area contributed by atoms with Gasteiger partial charge in [-0.2, -0.15) is 0 Å². The Hall–Kier alpha value is -2.16. The molecule has 1 aromatic carbocycles. The quantitative estimate of drug-likeness (QED) is 0.752. The number of benzene rings is 1. The lowest BCUT2D eigenvalue weighted by molar-refractivity contribution is -0.135. The molecule has 0 spiro atoms. The fraction of sp³-hybridized carbons (Fsp3) is 0.529. The van der Waals surface area contributed by atoms with E-state index in [9.17, 15) is 22.4 Å². The second kappa shape index (κ2) is 8.03. The number of rotatable bonds is 5. The van der Waals surface area contributed by atoms with Crippen LogP contribution in [0.15, 0.2) is 29.2 Å². The van der Waals surface area contributed by atoms with Crippen molar-refractivity contribution in [3.05, 3.63) is 30.1 Å². The van der Waals surface area contributed by atoms with Gasteiger partial charge in [-0.3, -0.25) is 4.79 Å². The van der Waals surface area contributed by atoms with E-state index in [-0.39, 0.29) is 42.7 Å². The summed E-state index contributed by atoms with van der Waals surface area (Å²) in [7, 11) is -3.60. The van der Waals surface area contributed by atoms with Crippen molar-refractivity contribution in [3.8, 4) is 0 Å². The van der Waals surface area contributed by atoms with Crippen LogP contribution in [0.25, 0.3) is 0 Å². The van der Waals surface area contributed by atoms with E-state index in [1.165, 1.54) is 17.0 Å². The van der Waals surface area contributed by atoms with Gasteiger partial charge in [-0.05, 0) is 43.0 Å². The lowest BCUT2D eigenvalue weighted by Gasteiger charge is -2.34. The number of nitrogens with zero attached hydrogens (tertiary/aromatic N) is 1. The van der Waals surface area contributed by atoms with Crippen LogP contribution in [0.3, 0.4) is 0 Å². The summed E-state index contributed by atoms with van der Waals surface area (Å²) in [5.41, 5.74) is 0. The van der Waals surface area contributed by atoms with Crippen LogP contribution >= 0.6 is 0 Å². The standard InChI is InChI=1S/C17H23FN2O5S/c1-11(2)15(19-17(22)23)16(21)20-9-7-14(8-10-20)26(24,25)13-5-3-12(18)4-6-13/h3-6,11,14-15,19H,7-10H2,1-2H3,(H,22,23)/t15-/m0/s1. The molecule has 1 aliphatic heterocycles. The van der Waals surface area contributed by atoms with Crippen LogP contribution in [-0.4, -0.2) is 54.8 Å². The number of amides is 2. The van der Waals surface area contributed by atoms with Gasteiger partial charge in [0.05, 0.1) is 10.1 Å². The molecule has 0 aliphatic carbocycles. The molecule has 144 valence electrons. The number of hydrogen-bond donors (Lipinski definition) is 2. The summed E-state index contributed by atoms with van der Waals surface area (Å²) in [6, 6.07) is 3.84. The Morgan fingerprint density at radius 3 is 2.19 bits per heavy atom. The maximum atomic E-state index is 13.0. The summed E-state index contributed by atoms with van der Waals surface area (Å²) >= 11 is 0. The van der Waals surface area contributed by atoms with E-state index >= 15 is 0 Å². The molecule has 1 fully saturated rings. The smallest absolute Gasteiger partial charge is 0.405 e. The van der Waals surface area contributed by atoms with Crippen molar-refractivity contribution in [1.29, 1.82) is 0 Å². The Balaban J connectivity index is 2.05. The predicted octanol–water partition coefficient (Wildman–Crippen LogP) is 1.88. The van der Waals surface area contributed by atoms with Gasteiger partial charge in [-0.15, -0.1) is 0 Å². The van der Waals surface area contributed by atoms with Gasteiger partial charge >= 0.3 is 6.09 Å². The first-order chi connectivity index (χ1) is 12.1. The highest BCUT2D eigenvalue weighted by atomic mass is 32.2. The molecule has 1 saturated heterocycles. The molecule has 1 aliphatic rings. The highest BCUT2D eigenvalue weighted by Crippen LogP contribution is 2.25. The molecule has 2 N–H and O–H groups in total. The van der Waals surface area contributed by atoms with Gasteiger partial charge in [0.1, 0.15) is 11.9 Å². The Morgan fingerprint density at radius 2 is 1.73 bits per heavy atom. The van der Waals surface area contributed by atoms with Crippen LogP contribution in [0.2, 0.25) is 0 Å². The first-order valence-corrected chi connectivity index (χ1v) is 9.95. The van der Waals surface area contributed by atoms with Crippen molar-refractivity contribution in [1.82, 2.24) is 10.2 Å². The average Bonchev–Trinajstić information content (AvgIpc) is 2.59. The summed E-state index contributed by atoms with van der Waals surface area (Å²) in [5, 5.41) is 10.5. The molecule has 1 aromatic rings. The molecular formula is C17H23FN2O5S. The molecule has 2 amide bonds. The molecule has 1 heterocycles. The number of carbonyl (C=O) groups excluding carboxylic acids is 1. The number of carboxylic acid groups (broad SMARTS) is 1. The molecular weight excluding hydrogens is 363 g/mol. The van der Waals surface area contributed by atoms with Gasteiger partial charge in [-0.1, -0.05) is 13.8 Å². The third kappa shape index (κ3) is 4.51. The number of sulfone groups is 1. The molecule has 1 atom stereocenters. The first-order valence-electron chi connectivity index (χ1n) is 8.40. The minimum atomic E-state index is -3.60. The molecule has 9 heteroatoms. The molecule has 0 unspecified atom stereocenters. The molecule has 2 rings (SSSR count). The Morgan fingerprint density at radius 1 is 1.19 bits per heavy atom. The third-order valence-corrected chi connectivity index (χ3v) is 6.82. The monoisotopic (exact) mass is 386 g/mol. The lowest BCUT2D eigenvalue weighted by Crippen LogP contribution is -2.53. The molecule has 0 saturated carbocycles. The molecule has 7 nitrogen and oxygen atoms in total. The fourth-order valence-corrected chi connectivity index (χ4v) is 4.78. The van der Waals surface area contributed by atoms with Crippen molar-refractivity contribution in [2.75, 3.05) is 13.1 Å². The zero-order valence-electron chi connectivity index (χ0n) is 14.7. The van der Waals surface area contributed by atoms with Gasteiger partial charge in [0.25, 0.3) is 0 Å². The molecule has 0 radical (unpaired) electrons. The zero-order chi connectivity index (χ0) is 19.5. The minimum Gasteiger partial charge on any atom is -0.465 e. The average molecular weight is 386 g/mol. The highest BCUT2D eigenvalue weighted by Gasteiger charge is 2.35. The van der Waals surface area contributed by atoms with Crippen LogP contribution < -0.4 is 5.32 Å². The van der Waals surface area contributed by atoms with E-state index < -0.39 is 33.0 Å². The van der Waals surface area contributed by atoms with Crippen molar-refractivity contribution >= 4 is 21.8 Å².